The van der Waals surface area contributed by atoms with Crippen molar-refractivity contribution >= 4 is 21.7 Å². The first-order chi connectivity index (χ1) is 8.56. The van der Waals surface area contributed by atoms with Crippen molar-refractivity contribution < 1.29 is 4.74 Å². The molecule has 94 valence electrons. The van der Waals surface area contributed by atoms with Crippen molar-refractivity contribution in [1.82, 2.24) is 9.97 Å². The highest BCUT2D eigenvalue weighted by Gasteiger charge is 2.07. The summed E-state index contributed by atoms with van der Waals surface area (Å²) in [7, 11) is 0. The Bertz CT molecular complexity index is 555. The molecule has 0 radical (unpaired) electrons. The molecule has 1 heterocycles. The molecular formula is C13H14BrN3O. The molecule has 0 spiro atoms. The predicted molar refractivity (Wildman–Crippen MR) is 74.4 cm³/mol. The SMILES string of the molecule is Cc1nc(N)c(C)c(OCc2ccc(Br)cc2)n1. The van der Waals surface area contributed by atoms with Gasteiger partial charge >= 0.3 is 0 Å². The number of nitrogens with two attached hydrogens (primary N) is 1. The number of rotatable bonds is 3. The lowest BCUT2D eigenvalue weighted by Gasteiger charge is -2.10. The smallest absolute Gasteiger partial charge is 0.222 e. The van der Waals surface area contributed by atoms with Crippen LogP contribution in [0.5, 0.6) is 5.88 Å². The maximum atomic E-state index is 5.77. The standard InChI is InChI=1S/C13H14BrN3O/c1-8-12(15)16-9(2)17-13(8)18-7-10-3-5-11(14)6-4-10/h3-6H,7H2,1-2H3,(H2,15,16,17). The van der Waals surface area contributed by atoms with E-state index >= 15 is 0 Å². The third-order valence-electron chi connectivity index (χ3n) is 2.54. The van der Waals surface area contributed by atoms with Gasteiger partial charge in [0.25, 0.3) is 0 Å². The van der Waals surface area contributed by atoms with Crippen molar-refractivity contribution in [3.63, 3.8) is 0 Å². The summed E-state index contributed by atoms with van der Waals surface area (Å²) in [5.74, 6) is 1.63. The maximum absolute atomic E-state index is 5.77. The lowest BCUT2D eigenvalue weighted by atomic mass is 10.2. The molecule has 0 amide bonds. The van der Waals surface area contributed by atoms with Crippen molar-refractivity contribution in [2.24, 2.45) is 0 Å². The summed E-state index contributed by atoms with van der Waals surface area (Å²) in [5.41, 5.74) is 7.62. The molecule has 1 aromatic carbocycles. The Morgan fingerprint density at radius 1 is 1.17 bits per heavy atom. The molecule has 4 nitrogen and oxygen atoms in total. The maximum Gasteiger partial charge on any atom is 0.222 e. The largest absolute Gasteiger partial charge is 0.472 e. The summed E-state index contributed by atoms with van der Waals surface area (Å²) in [6.07, 6.45) is 0. The van der Waals surface area contributed by atoms with Gasteiger partial charge in [-0.3, -0.25) is 0 Å². The van der Waals surface area contributed by atoms with Crippen molar-refractivity contribution in [3.8, 4) is 5.88 Å². The first kappa shape index (κ1) is 12.8. The van der Waals surface area contributed by atoms with Crippen LogP contribution in [0.4, 0.5) is 5.82 Å². The number of anilines is 1. The van der Waals surface area contributed by atoms with E-state index in [2.05, 4.69) is 25.9 Å². The van der Waals surface area contributed by atoms with E-state index in [-0.39, 0.29) is 0 Å². The quantitative estimate of drug-likeness (QED) is 0.947. The monoisotopic (exact) mass is 307 g/mol. The number of hydrogen-bond acceptors (Lipinski definition) is 4. The molecule has 0 bridgehead atoms. The molecule has 0 unspecified atom stereocenters. The third-order valence-corrected chi connectivity index (χ3v) is 3.07. The molecule has 2 aromatic rings. The van der Waals surface area contributed by atoms with Gasteiger partial charge in [0, 0.05) is 4.47 Å². The Balaban J connectivity index is 2.13. The molecule has 18 heavy (non-hydrogen) atoms. The van der Waals surface area contributed by atoms with E-state index in [1.807, 2.05) is 31.2 Å². The van der Waals surface area contributed by atoms with E-state index in [1.54, 1.807) is 6.92 Å². The molecule has 0 atom stereocenters. The van der Waals surface area contributed by atoms with Crippen LogP contribution in [0.2, 0.25) is 0 Å². The molecule has 2 rings (SSSR count). The molecule has 0 fully saturated rings. The Labute approximate surface area is 114 Å². The minimum atomic E-state index is 0.462. The van der Waals surface area contributed by atoms with Gasteiger partial charge in [-0.05, 0) is 31.5 Å². The average Bonchev–Trinajstić information content (AvgIpc) is 2.34. The van der Waals surface area contributed by atoms with Crippen molar-refractivity contribution in [3.05, 3.63) is 45.7 Å². The normalized spacial score (nSPS) is 10.4. The van der Waals surface area contributed by atoms with Crippen LogP contribution in [0, 0.1) is 13.8 Å². The Hall–Kier alpha value is -1.62. The number of hydrogen-bond donors (Lipinski definition) is 1. The van der Waals surface area contributed by atoms with Gasteiger partial charge in [-0.2, -0.15) is 4.98 Å². The number of nitrogen functional groups attached to an aromatic ring is 1. The van der Waals surface area contributed by atoms with E-state index in [4.69, 9.17) is 10.5 Å². The zero-order valence-electron chi connectivity index (χ0n) is 10.3. The minimum absolute atomic E-state index is 0.462. The molecule has 0 saturated heterocycles. The summed E-state index contributed by atoms with van der Waals surface area (Å²) in [5, 5.41) is 0. The fourth-order valence-electron chi connectivity index (χ4n) is 1.50. The van der Waals surface area contributed by atoms with Crippen LogP contribution < -0.4 is 10.5 Å². The molecule has 0 saturated carbocycles. The van der Waals surface area contributed by atoms with E-state index in [0.717, 1.165) is 15.6 Å². The lowest BCUT2D eigenvalue weighted by Crippen LogP contribution is -2.05. The molecule has 5 heteroatoms. The highest BCUT2D eigenvalue weighted by Crippen LogP contribution is 2.20. The van der Waals surface area contributed by atoms with Gasteiger partial charge in [-0.1, -0.05) is 28.1 Å². The number of halogens is 1. The summed E-state index contributed by atoms with van der Waals surface area (Å²) in [4.78, 5) is 8.32. The second-order valence-corrected chi connectivity index (χ2v) is 4.92. The van der Waals surface area contributed by atoms with Crippen LogP contribution in [0.25, 0.3) is 0 Å². The van der Waals surface area contributed by atoms with Crippen LogP contribution in [0.3, 0.4) is 0 Å². The Morgan fingerprint density at radius 2 is 1.83 bits per heavy atom. The van der Waals surface area contributed by atoms with E-state index < -0.39 is 0 Å². The van der Waals surface area contributed by atoms with E-state index in [9.17, 15) is 0 Å². The van der Waals surface area contributed by atoms with Crippen LogP contribution in [-0.2, 0) is 6.61 Å². The molecule has 2 N–H and O–H groups in total. The zero-order valence-corrected chi connectivity index (χ0v) is 11.9. The molecule has 0 aliphatic carbocycles. The number of benzene rings is 1. The summed E-state index contributed by atoms with van der Waals surface area (Å²) in [6, 6.07) is 7.95. The lowest BCUT2D eigenvalue weighted by molar-refractivity contribution is 0.290. The average molecular weight is 308 g/mol. The van der Waals surface area contributed by atoms with Gasteiger partial charge in [0.05, 0.1) is 5.56 Å². The van der Waals surface area contributed by atoms with Gasteiger partial charge in [0.1, 0.15) is 18.2 Å². The number of aromatic nitrogens is 2. The van der Waals surface area contributed by atoms with Gasteiger partial charge in [0.15, 0.2) is 0 Å². The van der Waals surface area contributed by atoms with Gasteiger partial charge in [-0.15, -0.1) is 0 Å². The number of nitrogens with zero attached hydrogens (tertiary/aromatic N) is 2. The van der Waals surface area contributed by atoms with Crippen LogP contribution in [0.1, 0.15) is 17.0 Å². The van der Waals surface area contributed by atoms with Crippen molar-refractivity contribution in [1.29, 1.82) is 0 Å². The molecule has 0 aliphatic heterocycles. The predicted octanol–water partition coefficient (Wildman–Crippen LogP) is 3.02. The first-order valence-electron chi connectivity index (χ1n) is 5.54. The van der Waals surface area contributed by atoms with Crippen LogP contribution >= 0.6 is 15.9 Å². The fourth-order valence-corrected chi connectivity index (χ4v) is 1.76. The van der Waals surface area contributed by atoms with Crippen molar-refractivity contribution in [2.75, 3.05) is 5.73 Å². The van der Waals surface area contributed by atoms with Crippen molar-refractivity contribution in [2.45, 2.75) is 20.5 Å². The second-order valence-electron chi connectivity index (χ2n) is 4.00. The Morgan fingerprint density at radius 3 is 2.50 bits per heavy atom. The fraction of sp³-hybridized carbons (Fsp3) is 0.231. The highest BCUT2D eigenvalue weighted by molar-refractivity contribution is 9.10. The number of aryl methyl sites for hydroxylation is 1. The Kier molecular flexibility index (Phi) is 3.81. The highest BCUT2D eigenvalue weighted by atomic mass is 79.9. The number of ether oxygens (including phenoxy) is 1. The van der Waals surface area contributed by atoms with E-state index in [0.29, 0.717) is 24.1 Å². The third kappa shape index (κ3) is 2.98. The second kappa shape index (κ2) is 5.35. The minimum Gasteiger partial charge on any atom is -0.472 e. The molecule has 1 aromatic heterocycles. The van der Waals surface area contributed by atoms with Gasteiger partial charge < -0.3 is 10.5 Å². The summed E-state index contributed by atoms with van der Waals surface area (Å²) < 4.78 is 6.72. The molecular weight excluding hydrogens is 294 g/mol. The summed E-state index contributed by atoms with van der Waals surface area (Å²) >= 11 is 3.39. The van der Waals surface area contributed by atoms with E-state index in [1.165, 1.54) is 0 Å². The van der Waals surface area contributed by atoms with Gasteiger partial charge in [-0.25, -0.2) is 4.98 Å². The van der Waals surface area contributed by atoms with Gasteiger partial charge in [0.2, 0.25) is 5.88 Å². The van der Waals surface area contributed by atoms with Crippen LogP contribution in [0.15, 0.2) is 28.7 Å². The zero-order chi connectivity index (χ0) is 13.1. The van der Waals surface area contributed by atoms with Crippen LogP contribution in [-0.4, -0.2) is 9.97 Å². The summed E-state index contributed by atoms with van der Waals surface area (Å²) in [6.45, 7) is 4.11. The first-order valence-corrected chi connectivity index (χ1v) is 6.33. The molecule has 0 aliphatic rings. The topological polar surface area (TPSA) is 61.0 Å².